The van der Waals surface area contributed by atoms with Crippen molar-refractivity contribution >= 4 is 37.8 Å². The predicted octanol–water partition coefficient (Wildman–Crippen LogP) is 3.14. The Bertz CT molecular complexity index is 401. The number of nitrogens with one attached hydrogen (secondary N) is 1. The Kier molecular flexibility index (Phi) is 4.20. The molecule has 0 aliphatic heterocycles. The van der Waals surface area contributed by atoms with E-state index in [1.165, 1.54) is 12.8 Å². The van der Waals surface area contributed by atoms with Crippen molar-refractivity contribution in [3.63, 3.8) is 0 Å². The molecular weight excluding hydrogens is 348 g/mol. The van der Waals surface area contributed by atoms with E-state index in [1.807, 2.05) is 6.07 Å². The first kappa shape index (κ1) is 13.0. The summed E-state index contributed by atoms with van der Waals surface area (Å²) in [4.78, 5) is 15.9. The molecule has 1 fully saturated rings. The van der Waals surface area contributed by atoms with Gasteiger partial charge in [-0.15, -0.1) is 0 Å². The van der Waals surface area contributed by atoms with Crippen LogP contribution in [0, 0.1) is 5.41 Å². The van der Waals surface area contributed by atoms with Crippen molar-refractivity contribution < 1.29 is 4.79 Å². The number of alkyl halides is 1. The van der Waals surface area contributed by atoms with Gasteiger partial charge in [-0.2, -0.15) is 0 Å². The molecule has 0 spiro atoms. The Labute approximate surface area is 118 Å². The number of hydrogen-bond acceptors (Lipinski definition) is 2. The van der Waals surface area contributed by atoms with Gasteiger partial charge in [0.15, 0.2) is 0 Å². The fourth-order valence-corrected chi connectivity index (χ4v) is 2.84. The summed E-state index contributed by atoms with van der Waals surface area (Å²) in [5.74, 6) is -0.0849. The molecule has 0 radical (unpaired) electrons. The second kappa shape index (κ2) is 5.48. The lowest BCUT2D eigenvalue weighted by atomic mass is 10.0. The lowest BCUT2D eigenvalue weighted by Crippen LogP contribution is -2.31. The first-order valence-corrected chi connectivity index (χ1v) is 7.52. The summed E-state index contributed by atoms with van der Waals surface area (Å²) in [6.07, 6.45) is 5.20. The molecule has 0 atom stereocenters. The van der Waals surface area contributed by atoms with Gasteiger partial charge in [0.25, 0.3) is 5.91 Å². The SMILES string of the molecule is O=C(NCC1(CCBr)CC1)c1ccc(Br)cn1. The number of hydrogen-bond donors (Lipinski definition) is 1. The van der Waals surface area contributed by atoms with Crippen molar-refractivity contribution in [2.45, 2.75) is 19.3 Å². The second-order valence-corrected chi connectivity index (χ2v) is 6.19. The number of halogens is 2. The molecule has 1 amide bonds. The van der Waals surface area contributed by atoms with E-state index in [2.05, 4.69) is 42.2 Å². The van der Waals surface area contributed by atoms with Gasteiger partial charge >= 0.3 is 0 Å². The van der Waals surface area contributed by atoms with E-state index in [0.29, 0.717) is 11.1 Å². The lowest BCUT2D eigenvalue weighted by Gasteiger charge is -2.14. The number of carbonyl (C=O) groups is 1. The molecule has 5 heteroatoms. The zero-order valence-corrected chi connectivity index (χ0v) is 12.6. The molecule has 0 unspecified atom stereocenters. The van der Waals surface area contributed by atoms with Crippen LogP contribution in [0.1, 0.15) is 29.8 Å². The highest BCUT2D eigenvalue weighted by atomic mass is 79.9. The monoisotopic (exact) mass is 360 g/mol. The fraction of sp³-hybridized carbons (Fsp3) is 0.500. The molecule has 1 aromatic rings. The Morgan fingerprint density at radius 2 is 2.24 bits per heavy atom. The fourth-order valence-electron chi connectivity index (χ4n) is 1.76. The maximum Gasteiger partial charge on any atom is 0.269 e. The van der Waals surface area contributed by atoms with Gasteiger partial charge in [0.1, 0.15) is 5.69 Å². The van der Waals surface area contributed by atoms with Crippen LogP contribution in [0.25, 0.3) is 0 Å². The van der Waals surface area contributed by atoms with Gasteiger partial charge in [-0.05, 0) is 52.7 Å². The molecule has 2 rings (SSSR count). The third kappa shape index (κ3) is 3.52. The van der Waals surface area contributed by atoms with Crippen LogP contribution >= 0.6 is 31.9 Å². The van der Waals surface area contributed by atoms with Crippen molar-refractivity contribution in [2.24, 2.45) is 5.41 Å². The summed E-state index contributed by atoms with van der Waals surface area (Å²) >= 11 is 6.75. The van der Waals surface area contributed by atoms with E-state index in [9.17, 15) is 4.79 Å². The number of nitrogens with zero attached hydrogens (tertiary/aromatic N) is 1. The molecule has 1 N–H and O–H groups in total. The summed E-state index contributed by atoms with van der Waals surface area (Å²) in [5, 5.41) is 3.97. The predicted molar refractivity (Wildman–Crippen MR) is 74.3 cm³/mol. The molecular formula is C12H14Br2N2O. The minimum Gasteiger partial charge on any atom is -0.350 e. The molecule has 0 aromatic carbocycles. The van der Waals surface area contributed by atoms with Gasteiger partial charge in [0.2, 0.25) is 0 Å². The summed E-state index contributed by atoms with van der Waals surface area (Å²) < 4.78 is 0.881. The molecule has 1 saturated carbocycles. The van der Waals surface area contributed by atoms with Crippen molar-refractivity contribution in [3.8, 4) is 0 Å². The average molecular weight is 362 g/mol. The maximum atomic E-state index is 11.8. The van der Waals surface area contributed by atoms with E-state index < -0.39 is 0 Å². The Morgan fingerprint density at radius 1 is 1.47 bits per heavy atom. The molecule has 17 heavy (non-hydrogen) atoms. The van der Waals surface area contributed by atoms with Crippen LogP contribution < -0.4 is 5.32 Å². The normalized spacial score (nSPS) is 16.6. The van der Waals surface area contributed by atoms with Gasteiger partial charge in [-0.3, -0.25) is 4.79 Å². The minimum atomic E-state index is -0.0849. The van der Waals surface area contributed by atoms with Crippen LogP contribution in [0.3, 0.4) is 0 Å². The van der Waals surface area contributed by atoms with Crippen LogP contribution in [0.15, 0.2) is 22.8 Å². The van der Waals surface area contributed by atoms with Crippen LogP contribution in [0.4, 0.5) is 0 Å². The zero-order valence-electron chi connectivity index (χ0n) is 9.38. The Balaban J connectivity index is 1.87. The van der Waals surface area contributed by atoms with Crippen molar-refractivity contribution in [3.05, 3.63) is 28.5 Å². The van der Waals surface area contributed by atoms with E-state index in [0.717, 1.165) is 22.8 Å². The number of rotatable bonds is 5. The minimum absolute atomic E-state index is 0.0849. The first-order valence-electron chi connectivity index (χ1n) is 5.61. The average Bonchev–Trinajstić information content (AvgIpc) is 3.08. The summed E-state index contributed by atoms with van der Waals surface area (Å²) in [5.41, 5.74) is 0.817. The molecule has 1 heterocycles. The Morgan fingerprint density at radius 3 is 2.76 bits per heavy atom. The highest BCUT2D eigenvalue weighted by Gasteiger charge is 2.41. The second-order valence-electron chi connectivity index (χ2n) is 4.48. The van der Waals surface area contributed by atoms with Crippen LogP contribution in [0.5, 0.6) is 0 Å². The molecule has 0 saturated heterocycles. The van der Waals surface area contributed by atoms with Gasteiger partial charge in [-0.1, -0.05) is 15.9 Å². The van der Waals surface area contributed by atoms with Crippen molar-refractivity contribution in [1.29, 1.82) is 0 Å². The largest absolute Gasteiger partial charge is 0.350 e. The zero-order chi connectivity index (χ0) is 12.3. The highest BCUT2D eigenvalue weighted by molar-refractivity contribution is 9.10. The molecule has 1 aliphatic carbocycles. The smallest absolute Gasteiger partial charge is 0.269 e. The first-order chi connectivity index (χ1) is 8.15. The molecule has 92 valence electrons. The molecule has 0 bridgehead atoms. The van der Waals surface area contributed by atoms with Gasteiger partial charge in [0.05, 0.1) is 0 Å². The summed E-state index contributed by atoms with van der Waals surface area (Å²) in [6, 6.07) is 3.55. The third-order valence-corrected chi connectivity index (χ3v) is 4.03. The molecule has 1 aromatic heterocycles. The number of carbonyl (C=O) groups excluding carboxylic acids is 1. The number of aromatic nitrogens is 1. The van der Waals surface area contributed by atoms with Crippen LogP contribution in [0.2, 0.25) is 0 Å². The summed E-state index contributed by atoms with van der Waals surface area (Å²) in [7, 11) is 0. The van der Waals surface area contributed by atoms with E-state index in [-0.39, 0.29) is 5.91 Å². The maximum absolute atomic E-state index is 11.8. The molecule has 1 aliphatic rings. The molecule has 3 nitrogen and oxygen atoms in total. The van der Waals surface area contributed by atoms with Gasteiger partial charge in [-0.25, -0.2) is 4.98 Å². The van der Waals surface area contributed by atoms with Crippen LogP contribution in [-0.4, -0.2) is 22.8 Å². The van der Waals surface area contributed by atoms with Gasteiger partial charge < -0.3 is 5.32 Å². The quantitative estimate of drug-likeness (QED) is 0.818. The van der Waals surface area contributed by atoms with E-state index >= 15 is 0 Å². The standard InChI is InChI=1S/C12H14Br2N2O/c13-6-5-12(3-4-12)8-16-11(17)10-2-1-9(14)7-15-10/h1-2,7H,3-6,8H2,(H,16,17). The highest BCUT2D eigenvalue weighted by Crippen LogP contribution is 2.48. The van der Waals surface area contributed by atoms with Crippen molar-refractivity contribution in [1.82, 2.24) is 10.3 Å². The third-order valence-electron chi connectivity index (χ3n) is 3.17. The van der Waals surface area contributed by atoms with E-state index in [4.69, 9.17) is 0 Å². The topological polar surface area (TPSA) is 42.0 Å². The van der Waals surface area contributed by atoms with Gasteiger partial charge in [0, 0.05) is 22.5 Å². The summed E-state index contributed by atoms with van der Waals surface area (Å²) in [6.45, 7) is 0.759. The lowest BCUT2D eigenvalue weighted by molar-refractivity contribution is 0.0939. The van der Waals surface area contributed by atoms with Crippen LogP contribution in [-0.2, 0) is 0 Å². The van der Waals surface area contributed by atoms with Crippen molar-refractivity contribution in [2.75, 3.05) is 11.9 Å². The van der Waals surface area contributed by atoms with E-state index in [1.54, 1.807) is 12.3 Å². The Hall–Kier alpha value is -0.420. The number of amides is 1. The number of pyridine rings is 1.